The van der Waals surface area contributed by atoms with Crippen LogP contribution in [0.5, 0.6) is 11.5 Å². The van der Waals surface area contributed by atoms with Crippen molar-refractivity contribution in [2.24, 2.45) is 0 Å². The molecule has 0 unspecified atom stereocenters. The van der Waals surface area contributed by atoms with Crippen molar-refractivity contribution in [3.05, 3.63) is 47.8 Å². The first-order valence-electron chi connectivity index (χ1n) is 8.19. The number of hydrogen-bond acceptors (Lipinski definition) is 6. The van der Waals surface area contributed by atoms with E-state index in [0.717, 1.165) is 17.7 Å². The maximum absolute atomic E-state index is 12.3. The molecule has 0 radical (unpaired) electrons. The molecule has 25 heavy (non-hydrogen) atoms. The first-order chi connectivity index (χ1) is 12.2. The van der Waals surface area contributed by atoms with Crippen LogP contribution in [0.4, 0.5) is 5.69 Å². The maximum atomic E-state index is 12.3. The van der Waals surface area contributed by atoms with E-state index in [1.54, 1.807) is 18.3 Å². The van der Waals surface area contributed by atoms with Gasteiger partial charge in [-0.05, 0) is 36.2 Å². The van der Waals surface area contributed by atoms with Crippen LogP contribution < -0.4 is 20.1 Å². The average molecular weight is 343 g/mol. The third-order valence-electron chi connectivity index (χ3n) is 3.97. The summed E-state index contributed by atoms with van der Waals surface area (Å²) in [5.74, 6) is 1.13. The molecule has 1 amide bonds. The number of aromatic nitrogens is 1. The van der Waals surface area contributed by atoms with Crippen molar-refractivity contribution in [2.45, 2.75) is 25.9 Å². The van der Waals surface area contributed by atoms with Gasteiger partial charge in [-0.1, -0.05) is 13.0 Å². The molecule has 7 nitrogen and oxygen atoms in total. The summed E-state index contributed by atoms with van der Waals surface area (Å²) in [4.78, 5) is 16.4. The molecule has 2 aromatic rings. The van der Waals surface area contributed by atoms with Crippen molar-refractivity contribution in [1.29, 1.82) is 0 Å². The molecule has 3 rings (SSSR count). The van der Waals surface area contributed by atoms with E-state index in [-0.39, 0.29) is 25.3 Å². The van der Waals surface area contributed by atoms with Crippen molar-refractivity contribution < 1.29 is 19.4 Å². The van der Waals surface area contributed by atoms with Gasteiger partial charge in [0.2, 0.25) is 6.79 Å². The molecule has 0 aliphatic carbocycles. The number of pyridine rings is 1. The van der Waals surface area contributed by atoms with Crippen LogP contribution in [0.1, 0.15) is 29.4 Å². The van der Waals surface area contributed by atoms with Crippen LogP contribution in [0.3, 0.4) is 0 Å². The van der Waals surface area contributed by atoms with Crippen LogP contribution in [-0.4, -0.2) is 35.4 Å². The van der Waals surface area contributed by atoms with Gasteiger partial charge in [-0.15, -0.1) is 0 Å². The summed E-state index contributed by atoms with van der Waals surface area (Å²) in [6.07, 6.45) is 2.35. The third kappa shape index (κ3) is 4.19. The normalized spacial score (nSPS) is 13.4. The number of aliphatic hydroxyl groups excluding tert-OH is 1. The topological polar surface area (TPSA) is 92.7 Å². The highest BCUT2D eigenvalue weighted by Crippen LogP contribution is 2.32. The second-order valence-electron chi connectivity index (χ2n) is 5.73. The Bertz CT molecular complexity index is 747. The zero-order chi connectivity index (χ0) is 17.6. The van der Waals surface area contributed by atoms with E-state index in [4.69, 9.17) is 9.47 Å². The highest BCUT2D eigenvalue weighted by Gasteiger charge is 2.14. The molecule has 0 spiro atoms. The van der Waals surface area contributed by atoms with Crippen LogP contribution >= 0.6 is 0 Å². The lowest BCUT2D eigenvalue weighted by Gasteiger charge is -2.15. The first kappa shape index (κ1) is 17.0. The minimum atomic E-state index is -0.265. The molecule has 0 fully saturated rings. The van der Waals surface area contributed by atoms with Crippen molar-refractivity contribution in [1.82, 2.24) is 10.3 Å². The molecule has 7 heteroatoms. The van der Waals surface area contributed by atoms with E-state index in [2.05, 4.69) is 15.6 Å². The highest BCUT2D eigenvalue weighted by molar-refractivity contribution is 5.93. The molecular formula is C18H21N3O4. The predicted octanol–water partition coefficient (Wildman–Crippen LogP) is 1.92. The molecule has 1 aromatic carbocycles. The Hall–Kier alpha value is -2.80. The fraction of sp³-hybridized carbons (Fsp3) is 0.333. The molecule has 1 aliphatic heterocycles. The number of nitrogens with zero attached hydrogens (tertiary/aromatic N) is 1. The molecule has 1 atom stereocenters. The van der Waals surface area contributed by atoms with E-state index in [1.807, 2.05) is 25.1 Å². The van der Waals surface area contributed by atoms with Crippen LogP contribution in [0.15, 0.2) is 36.5 Å². The fourth-order valence-electron chi connectivity index (χ4n) is 2.48. The number of fused-ring (bicyclic) bond motifs is 1. The summed E-state index contributed by atoms with van der Waals surface area (Å²) in [7, 11) is 0. The maximum Gasteiger partial charge on any atom is 0.270 e. The zero-order valence-corrected chi connectivity index (χ0v) is 14.0. The van der Waals surface area contributed by atoms with Crippen LogP contribution in [0.2, 0.25) is 0 Å². The van der Waals surface area contributed by atoms with Gasteiger partial charge >= 0.3 is 0 Å². The zero-order valence-electron chi connectivity index (χ0n) is 14.0. The minimum Gasteiger partial charge on any atom is -0.454 e. The largest absolute Gasteiger partial charge is 0.454 e. The summed E-state index contributed by atoms with van der Waals surface area (Å²) in [6, 6.07) is 8.95. The fourth-order valence-corrected chi connectivity index (χ4v) is 2.48. The number of nitrogens with one attached hydrogen (secondary N) is 2. The number of ether oxygens (including phenoxy) is 2. The molecule has 2 heterocycles. The van der Waals surface area contributed by atoms with Gasteiger partial charge in [0.15, 0.2) is 11.5 Å². The molecule has 0 bridgehead atoms. The van der Waals surface area contributed by atoms with E-state index < -0.39 is 0 Å². The Morgan fingerprint density at radius 3 is 2.92 bits per heavy atom. The van der Waals surface area contributed by atoms with Gasteiger partial charge in [-0.2, -0.15) is 0 Å². The highest BCUT2D eigenvalue weighted by atomic mass is 16.7. The molecule has 132 valence electrons. The number of carbonyl (C=O) groups excluding carboxylic acids is 1. The number of rotatable bonds is 7. The average Bonchev–Trinajstić information content (AvgIpc) is 3.12. The number of hydrogen-bond donors (Lipinski definition) is 3. The van der Waals surface area contributed by atoms with E-state index in [0.29, 0.717) is 23.7 Å². The Morgan fingerprint density at radius 1 is 1.28 bits per heavy atom. The third-order valence-corrected chi connectivity index (χ3v) is 3.97. The second kappa shape index (κ2) is 7.85. The summed E-state index contributed by atoms with van der Waals surface area (Å²) in [6.45, 7) is 2.60. The number of carbonyl (C=O) groups is 1. The quantitative estimate of drug-likeness (QED) is 0.711. The molecule has 3 N–H and O–H groups in total. The number of amides is 1. The summed E-state index contributed by atoms with van der Waals surface area (Å²) in [5.41, 5.74) is 1.99. The van der Waals surface area contributed by atoms with Crippen LogP contribution in [0, 0.1) is 0 Å². The number of benzene rings is 1. The van der Waals surface area contributed by atoms with Crippen LogP contribution in [-0.2, 0) is 6.54 Å². The lowest BCUT2D eigenvalue weighted by Crippen LogP contribution is -2.25. The van der Waals surface area contributed by atoms with Crippen molar-refractivity contribution in [3.63, 3.8) is 0 Å². The Labute approximate surface area is 146 Å². The van der Waals surface area contributed by atoms with Crippen LogP contribution in [0.25, 0.3) is 0 Å². The predicted molar refractivity (Wildman–Crippen MR) is 92.8 cm³/mol. The summed E-state index contributed by atoms with van der Waals surface area (Å²) < 4.78 is 10.6. The Morgan fingerprint density at radius 2 is 2.12 bits per heavy atom. The monoisotopic (exact) mass is 343 g/mol. The lowest BCUT2D eigenvalue weighted by molar-refractivity contribution is 0.0946. The van der Waals surface area contributed by atoms with Gasteiger partial charge < -0.3 is 25.2 Å². The summed E-state index contributed by atoms with van der Waals surface area (Å²) >= 11 is 0. The molecule has 1 aromatic heterocycles. The molecule has 1 aliphatic rings. The number of anilines is 1. The molecule has 0 saturated heterocycles. The van der Waals surface area contributed by atoms with Gasteiger partial charge in [-0.3, -0.25) is 9.78 Å². The SMILES string of the molecule is CC[C@H](CO)Nc1ccnc(C(=O)NCc2ccc3c(c2)OCO3)c1. The van der Waals surface area contributed by atoms with Crippen molar-refractivity contribution >= 4 is 11.6 Å². The number of aliphatic hydroxyl groups is 1. The van der Waals surface area contributed by atoms with Gasteiger partial charge in [0.05, 0.1) is 6.61 Å². The first-order valence-corrected chi connectivity index (χ1v) is 8.19. The van der Waals surface area contributed by atoms with E-state index in [1.165, 1.54) is 0 Å². The van der Waals surface area contributed by atoms with Crippen molar-refractivity contribution in [3.8, 4) is 11.5 Å². The lowest BCUT2D eigenvalue weighted by atomic mass is 10.2. The molecular weight excluding hydrogens is 322 g/mol. The second-order valence-corrected chi connectivity index (χ2v) is 5.73. The Kier molecular flexibility index (Phi) is 5.35. The summed E-state index contributed by atoms with van der Waals surface area (Å²) in [5, 5.41) is 15.3. The van der Waals surface area contributed by atoms with E-state index >= 15 is 0 Å². The molecule has 0 saturated carbocycles. The smallest absolute Gasteiger partial charge is 0.270 e. The van der Waals surface area contributed by atoms with Gasteiger partial charge in [0.1, 0.15) is 5.69 Å². The Balaban J connectivity index is 1.61. The van der Waals surface area contributed by atoms with Gasteiger partial charge in [0, 0.05) is 24.5 Å². The van der Waals surface area contributed by atoms with Crippen molar-refractivity contribution in [2.75, 3.05) is 18.7 Å². The van der Waals surface area contributed by atoms with Gasteiger partial charge in [0.25, 0.3) is 5.91 Å². The minimum absolute atomic E-state index is 0.0322. The standard InChI is InChI=1S/C18H21N3O4/c1-2-13(10-22)21-14-5-6-19-15(8-14)18(23)20-9-12-3-4-16-17(7-12)25-11-24-16/h3-8,13,22H,2,9-11H2,1H3,(H,19,21)(H,20,23)/t13-/m1/s1. The van der Waals surface area contributed by atoms with E-state index in [9.17, 15) is 9.90 Å². The van der Waals surface area contributed by atoms with Gasteiger partial charge in [-0.25, -0.2) is 0 Å².